The number of alkyl halides is 1. The van der Waals surface area contributed by atoms with Crippen LogP contribution in [0.4, 0.5) is 0 Å². The number of carbonyl (C=O) groups is 1. The Hall–Kier alpha value is -1.02. The first-order valence-corrected chi connectivity index (χ1v) is 6.43. The van der Waals surface area contributed by atoms with E-state index >= 15 is 0 Å². The Balaban J connectivity index is 2.86. The molecule has 1 atom stereocenters. The minimum Gasteiger partial charge on any atom is -0.348 e. The van der Waals surface area contributed by atoms with Crippen molar-refractivity contribution in [1.82, 2.24) is 5.32 Å². The molecule has 17 heavy (non-hydrogen) atoms. The molecular formula is C14H20ClNO. The molecule has 2 nitrogen and oxygen atoms in total. The number of amides is 1. The molecule has 0 aliphatic rings. The van der Waals surface area contributed by atoms with Gasteiger partial charge in [-0.1, -0.05) is 26.0 Å². The quantitative estimate of drug-likeness (QED) is 0.820. The first-order valence-electron chi connectivity index (χ1n) is 5.90. The molecule has 1 unspecified atom stereocenters. The van der Waals surface area contributed by atoms with Gasteiger partial charge in [0.05, 0.1) is 0 Å². The Morgan fingerprint density at radius 3 is 2.53 bits per heavy atom. The van der Waals surface area contributed by atoms with Crippen LogP contribution in [0.15, 0.2) is 18.2 Å². The molecule has 94 valence electrons. The van der Waals surface area contributed by atoms with Gasteiger partial charge in [0.1, 0.15) is 0 Å². The molecule has 1 N–H and O–H groups in total. The molecule has 0 heterocycles. The Labute approximate surface area is 108 Å². The van der Waals surface area contributed by atoms with Gasteiger partial charge in [-0.3, -0.25) is 4.79 Å². The maximum absolute atomic E-state index is 12.1. The van der Waals surface area contributed by atoms with E-state index in [1.165, 1.54) is 0 Å². The largest absolute Gasteiger partial charge is 0.348 e. The third-order valence-corrected chi connectivity index (χ3v) is 3.47. The standard InChI is InChI=1S/C14H20ClNO/c1-9(2)13(8-15)16-14(17)12-7-5-6-10(3)11(12)4/h5-7,9,13H,8H2,1-4H3,(H,16,17). The van der Waals surface area contributed by atoms with E-state index in [0.29, 0.717) is 11.8 Å². The molecule has 0 aliphatic carbocycles. The van der Waals surface area contributed by atoms with Crippen LogP contribution >= 0.6 is 11.6 Å². The van der Waals surface area contributed by atoms with Gasteiger partial charge in [-0.2, -0.15) is 0 Å². The second kappa shape index (κ2) is 6.06. The van der Waals surface area contributed by atoms with Gasteiger partial charge in [-0.25, -0.2) is 0 Å². The summed E-state index contributed by atoms with van der Waals surface area (Å²) in [4.78, 5) is 12.1. The number of aryl methyl sites for hydroxylation is 1. The van der Waals surface area contributed by atoms with Crippen LogP contribution in [-0.2, 0) is 0 Å². The average molecular weight is 254 g/mol. The maximum Gasteiger partial charge on any atom is 0.251 e. The fourth-order valence-corrected chi connectivity index (χ4v) is 2.06. The van der Waals surface area contributed by atoms with Crippen molar-refractivity contribution in [3.05, 3.63) is 34.9 Å². The number of nitrogens with one attached hydrogen (secondary N) is 1. The molecule has 1 amide bonds. The smallest absolute Gasteiger partial charge is 0.251 e. The highest BCUT2D eigenvalue weighted by Crippen LogP contribution is 2.13. The molecule has 1 aromatic rings. The average Bonchev–Trinajstić information content (AvgIpc) is 2.28. The Kier molecular flexibility index (Phi) is 5.01. The number of hydrogen-bond acceptors (Lipinski definition) is 1. The molecule has 0 saturated heterocycles. The van der Waals surface area contributed by atoms with Crippen molar-refractivity contribution < 1.29 is 4.79 Å². The van der Waals surface area contributed by atoms with Crippen molar-refractivity contribution in [2.45, 2.75) is 33.7 Å². The number of carbonyl (C=O) groups excluding carboxylic acids is 1. The Bertz CT molecular complexity index is 401. The molecule has 1 aromatic carbocycles. The van der Waals surface area contributed by atoms with E-state index < -0.39 is 0 Å². The van der Waals surface area contributed by atoms with Crippen molar-refractivity contribution in [3.8, 4) is 0 Å². The zero-order valence-corrected chi connectivity index (χ0v) is 11.6. The number of benzene rings is 1. The van der Waals surface area contributed by atoms with E-state index in [1.54, 1.807) is 0 Å². The summed E-state index contributed by atoms with van der Waals surface area (Å²) in [6.45, 7) is 8.08. The highest BCUT2D eigenvalue weighted by atomic mass is 35.5. The lowest BCUT2D eigenvalue weighted by Gasteiger charge is -2.20. The van der Waals surface area contributed by atoms with E-state index in [2.05, 4.69) is 19.2 Å². The molecule has 0 bridgehead atoms. The number of hydrogen-bond donors (Lipinski definition) is 1. The van der Waals surface area contributed by atoms with Crippen LogP contribution in [0.2, 0.25) is 0 Å². The Morgan fingerprint density at radius 2 is 2.00 bits per heavy atom. The first-order chi connectivity index (χ1) is 7.97. The van der Waals surface area contributed by atoms with Crippen LogP contribution in [0.25, 0.3) is 0 Å². The molecule has 0 fully saturated rings. The van der Waals surface area contributed by atoms with Crippen LogP contribution in [0, 0.1) is 19.8 Å². The summed E-state index contributed by atoms with van der Waals surface area (Å²) in [5.74, 6) is 0.737. The van der Waals surface area contributed by atoms with Gasteiger partial charge < -0.3 is 5.32 Å². The van der Waals surface area contributed by atoms with Gasteiger partial charge in [0, 0.05) is 17.5 Å². The molecular weight excluding hydrogens is 234 g/mol. The van der Waals surface area contributed by atoms with Gasteiger partial charge in [0.2, 0.25) is 0 Å². The summed E-state index contributed by atoms with van der Waals surface area (Å²) < 4.78 is 0. The van der Waals surface area contributed by atoms with Crippen LogP contribution < -0.4 is 5.32 Å². The molecule has 0 spiro atoms. The summed E-state index contributed by atoms with van der Waals surface area (Å²) >= 11 is 5.85. The molecule has 3 heteroatoms. The van der Waals surface area contributed by atoms with Gasteiger partial charge in [0.25, 0.3) is 5.91 Å². The fourth-order valence-electron chi connectivity index (χ4n) is 1.63. The minimum atomic E-state index is -0.0365. The minimum absolute atomic E-state index is 0.0177. The highest BCUT2D eigenvalue weighted by molar-refractivity contribution is 6.18. The summed E-state index contributed by atoms with van der Waals surface area (Å²) in [6.07, 6.45) is 0. The zero-order valence-electron chi connectivity index (χ0n) is 10.9. The number of halogens is 1. The second-order valence-corrected chi connectivity index (χ2v) is 5.03. The van der Waals surface area contributed by atoms with E-state index in [9.17, 15) is 4.79 Å². The van der Waals surface area contributed by atoms with Gasteiger partial charge >= 0.3 is 0 Å². The van der Waals surface area contributed by atoms with Crippen LogP contribution in [0.5, 0.6) is 0 Å². The summed E-state index contributed by atoms with van der Waals surface area (Å²) in [5, 5.41) is 2.98. The van der Waals surface area contributed by atoms with E-state index in [-0.39, 0.29) is 11.9 Å². The third-order valence-electron chi connectivity index (χ3n) is 3.14. The molecule has 1 rings (SSSR count). The molecule has 0 aliphatic heterocycles. The van der Waals surface area contributed by atoms with Crippen molar-refractivity contribution >= 4 is 17.5 Å². The lowest BCUT2D eigenvalue weighted by molar-refractivity contribution is 0.0930. The predicted molar refractivity (Wildman–Crippen MR) is 72.7 cm³/mol. The summed E-state index contributed by atoms with van der Waals surface area (Å²) in [7, 11) is 0. The zero-order chi connectivity index (χ0) is 13.0. The van der Waals surface area contributed by atoms with E-state index in [0.717, 1.165) is 16.7 Å². The summed E-state index contributed by atoms with van der Waals surface area (Å²) in [5.41, 5.74) is 2.90. The Morgan fingerprint density at radius 1 is 1.35 bits per heavy atom. The predicted octanol–water partition coefficient (Wildman–Crippen LogP) is 3.30. The van der Waals surface area contributed by atoms with E-state index in [4.69, 9.17) is 11.6 Å². The summed E-state index contributed by atoms with van der Waals surface area (Å²) in [6, 6.07) is 5.78. The van der Waals surface area contributed by atoms with Crippen LogP contribution in [0.1, 0.15) is 35.3 Å². The fraction of sp³-hybridized carbons (Fsp3) is 0.500. The van der Waals surface area contributed by atoms with Crippen molar-refractivity contribution in [3.63, 3.8) is 0 Å². The van der Waals surface area contributed by atoms with Crippen LogP contribution in [0.3, 0.4) is 0 Å². The number of rotatable bonds is 4. The third kappa shape index (κ3) is 3.47. The first kappa shape index (κ1) is 14.0. The topological polar surface area (TPSA) is 29.1 Å². The van der Waals surface area contributed by atoms with Crippen molar-refractivity contribution in [2.24, 2.45) is 5.92 Å². The van der Waals surface area contributed by atoms with Gasteiger partial charge in [-0.05, 0) is 37.0 Å². The van der Waals surface area contributed by atoms with Crippen molar-refractivity contribution in [2.75, 3.05) is 5.88 Å². The SMILES string of the molecule is Cc1cccc(C(=O)NC(CCl)C(C)C)c1C. The van der Waals surface area contributed by atoms with Crippen molar-refractivity contribution in [1.29, 1.82) is 0 Å². The van der Waals surface area contributed by atoms with Gasteiger partial charge in [0.15, 0.2) is 0 Å². The molecule has 0 radical (unpaired) electrons. The molecule has 0 aromatic heterocycles. The lowest BCUT2D eigenvalue weighted by atomic mass is 10.0. The van der Waals surface area contributed by atoms with Crippen LogP contribution in [-0.4, -0.2) is 17.8 Å². The van der Waals surface area contributed by atoms with E-state index in [1.807, 2.05) is 32.0 Å². The molecule has 0 saturated carbocycles. The van der Waals surface area contributed by atoms with Gasteiger partial charge in [-0.15, -0.1) is 11.6 Å². The second-order valence-electron chi connectivity index (χ2n) is 4.73. The highest BCUT2D eigenvalue weighted by Gasteiger charge is 2.17. The normalized spacial score (nSPS) is 12.6. The lowest BCUT2D eigenvalue weighted by Crippen LogP contribution is -2.40. The maximum atomic E-state index is 12.1. The monoisotopic (exact) mass is 253 g/mol.